The van der Waals surface area contributed by atoms with E-state index in [2.05, 4.69) is 4.72 Å². The van der Waals surface area contributed by atoms with Crippen molar-refractivity contribution < 1.29 is 13.2 Å². The predicted octanol–water partition coefficient (Wildman–Crippen LogP) is 4.12. The largest absolute Gasteiger partial charge is 0.492 e. The van der Waals surface area contributed by atoms with Crippen LogP contribution in [0.5, 0.6) is 5.75 Å². The molecule has 0 bridgehead atoms. The van der Waals surface area contributed by atoms with Crippen LogP contribution in [0.4, 0.5) is 5.69 Å². The van der Waals surface area contributed by atoms with E-state index in [1.165, 1.54) is 0 Å². The summed E-state index contributed by atoms with van der Waals surface area (Å²) in [6.07, 6.45) is 0. The highest BCUT2D eigenvalue weighted by Gasteiger charge is 2.23. The normalized spacial score (nSPS) is 11.3. The summed E-state index contributed by atoms with van der Waals surface area (Å²) in [5.74, 6) is 0.526. The molecule has 0 heterocycles. The predicted molar refractivity (Wildman–Crippen MR) is 93.8 cm³/mol. The fourth-order valence-electron chi connectivity index (χ4n) is 2.61. The van der Waals surface area contributed by atoms with Crippen molar-refractivity contribution in [2.45, 2.75) is 39.5 Å². The molecule has 0 saturated heterocycles. The first-order valence-corrected chi connectivity index (χ1v) is 9.08. The van der Waals surface area contributed by atoms with Crippen molar-refractivity contribution in [1.29, 1.82) is 0 Å². The molecule has 0 aliphatic carbocycles. The maximum Gasteiger partial charge on any atom is 0.262 e. The molecule has 2 aromatic carbocycles. The van der Waals surface area contributed by atoms with E-state index in [0.29, 0.717) is 22.9 Å². The first kappa shape index (κ1) is 17.3. The summed E-state index contributed by atoms with van der Waals surface area (Å²) in [6, 6.07) is 9.06. The van der Waals surface area contributed by atoms with E-state index in [0.717, 1.165) is 22.3 Å². The van der Waals surface area contributed by atoms with Crippen molar-refractivity contribution in [1.82, 2.24) is 0 Å². The lowest BCUT2D eigenvalue weighted by atomic mass is 10.0. The third-order valence-electron chi connectivity index (χ3n) is 4.00. The second-order valence-corrected chi connectivity index (χ2v) is 7.24. The van der Waals surface area contributed by atoms with E-state index in [9.17, 15) is 8.42 Å². The molecule has 0 spiro atoms. The summed E-state index contributed by atoms with van der Waals surface area (Å²) >= 11 is 0. The monoisotopic (exact) mass is 333 g/mol. The lowest BCUT2D eigenvalue weighted by Crippen LogP contribution is -2.17. The van der Waals surface area contributed by atoms with Gasteiger partial charge in [0.1, 0.15) is 5.75 Å². The van der Waals surface area contributed by atoms with Crippen LogP contribution in [0.1, 0.15) is 29.2 Å². The van der Waals surface area contributed by atoms with Crippen LogP contribution in [0.2, 0.25) is 0 Å². The first-order chi connectivity index (χ1) is 10.8. The Bertz CT molecular complexity index is 800. The van der Waals surface area contributed by atoms with Gasteiger partial charge in [-0.25, -0.2) is 8.42 Å². The van der Waals surface area contributed by atoms with Crippen molar-refractivity contribution in [3.63, 3.8) is 0 Å². The molecule has 2 rings (SSSR count). The van der Waals surface area contributed by atoms with Crippen LogP contribution in [-0.4, -0.2) is 15.0 Å². The summed E-state index contributed by atoms with van der Waals surface area (Å²) in [4.78, 5) is 0.348. The number of sulfonamides is 1. The molecule has 124 valence electrons. The highest BCUT2D eigenvalue weighted by atomic mass is 32.2. The Labute approximate surface area is 138 Å². The molecule has 0 radical (unpaired) electrons. The van der Waals surface area contributed by atoms with Gasteiger partial charge in [-0.3, -0.25) is 4.72 Å². The minimum Gasteiger partial charge on any atom is -0.492 e. The Morgan fingerprint density at radius 3 is 2.13 bits per heavy atom. The van der Waals surface area contributed by atoms with Gasteiger partial charge < -0.3 is 4.74 Å². The van der Waals surface area contributed by atoms with Gasteiger partial charge in [-0.2, -0.15) is 0 Å². The number of hydrogen-bond donors (Lipinski definition) is 1. The van der Waals surface area contributed by atoms with Crippen molar-refractivity contribution in [3.8, 4) is 5.75 Å². The smallest absolute Gasteiger partial charge is 0.262 e. The Morgan fingerprint density at radius 1 is 1.00 bits per heavy atom. The standard InChI is InChI=1S/C18H23NO3S/c1-6-22-17-10-8-7-9-16(17)19-23(20,21)18-14(4)12(2)11-13(3)15(18)5/h7-11,19H,6H2,1-5H3. The molecule has 0 amide bonds. The molecule has 0 aromatic heterocycles. The molecule has 23 heavy (non-hydrogen) atoms. The summed E-state index contributed by atoms with van der Waals surface area (Å²) in [5.41, 5.74) is 3.93. The van der Waals surface area contributed by atoms with Gasteiger partial charge in [0, 0.05) is 0 Å². The third-order valence-corrected chi connectivity index (χ3v) is 5.64. The van der Waals surface area contributed by atoms with Gasteiger partial charge in [0.15, 0.2) is 0 Å². The second-order valence-electron chi connectivity index (χ2n) is 5.62. The minimum absolute atomic E-state index is 0.348. The van der Waals surface area contributed by atoms with E-state index in [1.807, 2.05) is 46.8 Å². The number of ether oxygens (including phenoxy) is 1. The highest BCUT2D eigenvalue weighted by molar-refractivity contribution is 7.92. The number of nitrogens with one attached hydrogen (secondary N) is 1. The van der Waals surface area contributed by atoms with Crippen LogP contribution in [-0.2, 0) is 10.0 Å². The Hall–Kier alpha value is -2.01. The van der Waals surface area contributed by atoms with Gasteiger partial charge in [-0.05, 0) is 69.0 Å². The molecule has 0 aliphatic heterocycles. The van der Waals surface area contributed by atoms with Crippen LogP contribution < -0.4 is 9.46 Å². The van der Waals surface area contributed by atoms with Crippen LogP contribution in [0.3, 0.4) is 0 Å². The zero-order valence-corrected chi connectivity index (χ0v) is 15.0. The summed E-state index contributed by atoms with van der Waals surface area (Å²) in [5, 5.41) is 0. The fourth-order valence-corrected chi connectivity index (χ4v) is 4.30. The zero-order chi connectivity index (χ0) is 17.2. The minimum atomic E-state index is -3.69. The fraction of sp³-hybridized carbons (Fsp3) is 0.333. The quantitative estimate of drug-likeness (QED) is 0.895. The van der Waals surface area contributed by atoms with Crippen LogP contribution in [0, 0.1) is 27.7 Å². The van der Waals surface area contributed by atoms with Crippen LogP contribution in [0.25, 0.3) is 0 Å². The van der Waals surface area contributed by atoms with Crippen molar-refractivity contribution in [3.05, 3.63) is 52.6 Å². The van der Waals surface area contributed by atoms with E-state index in [4.69, 9.17) is 4.74 Å². The van der Waals surface area contributed by atoms with Crippen LogP contribution >= 0.6 is 0 Å². The zero-order valence-electron chi connectivity index (χ0n) is 14.2. The summed E-state index contributed by atoms with van der Waals surface area (Å²) in [7, 11) is -3.69. The number of para-hydroxylation sites is 2. The molecule has 0 saturated carbocycles. The molecule has 0 aliphatic rings. The van der Waals surface area contributed by atoms with Crippen LogP contribution in [0.15, 0.2) is 35.2 Å². The molecule has 5 heteroatoms. The van der Waals surface area contributed by atoms with Gasteiger partial charge in [-0.1, -0.05) is 18.2 Å². The van der Waals surface area contributed by atoms with E-state index in [-0.39, 0.29) is 0 Å². The van der Waals surface area contributed by atoms with Crippen molar-refractivity contribution >= 4 is 15.7 Å². The van der Waals surface area contributed by atoms with E-state index < -0.39 is 10.0 Å². The second kappa shape index (κ2) is 6.62. The highest BCUT2D eigenvalue weighted by Crippen LogP contribution is 2.31. The maximum atomic E-state index is 12.9. The number of anilines is 1. The summed E-state index contributed by atoms with van der Waals surface area (Å²) in [6.45, 7) is 9.86. The SMILES string of the molecule is CCOc1ccccc1NS(=O)(=O)c1c(C)c(C)cc(C)c1C. The Balaban J connectivity index is 2.53. The topological polar surface area (TPSA) is 55.4 Å². The maximum absolute atomic E-state index is 12.9. The molecular weight excluding hydrogens is 310 g/mol. The Kier molecular flexibility index (Phi) is 5.00. The first-order valence-electron chi connectivity index (χ1n) is 7.60. The lowest BCUT2D eigenvalue weighted by molar-refractivity contribution is 0.342. The van der Waals surface area contributed by atoms with E-state index >= 15 is 0 Å². The van der Waals surface area contributed by atoms with Gasteiger partial charge in [0.05, 0.1) is 17.2 Å². The third kappa shape index (κ3) is 3.50. The average Bonchev–Trinajstić information content (AvgIpc) is 2.47. The number of aryl methyl sites for hydroxylation is 2. The average molecular weight is 333 g/mol. The lowest BCUT2D eigenvalue weighted by Gasteiger charge is -2.18. The molecular formula is C18H23NO3S. The number of hydrogen-bond acceptors (Lipinski definition) is 3. The molecule has 0 unspecified atom stereocenters. The van der Waals surface area contributed by atoms with Crippen molar-refractivity contribution in [2.75, 3.05) is 11.3 Å². The molecule has 1 N–H and O–H groups in total. The molecule has 2 aromatic rings. The van der Waals surface area contributed by atoms with Gasteiger partial charge in [-0.15, -0.1) is 0 Å². The van der Waals surface area contributed by atoms with E-state index in [1.54, 1.807) is 18.2 Å². The summed E-state index contributed by atoms with van der Waals surface area (Å²) < 4.78 is 34.0. The Morgan fingerprint density at radius 2 is 1.57 bits per heavy atom. The number of rotatable bonds is 5. The van der Waals surface area contributed by atoms with Gasteiger partial charge in [0.25, 0.3) is 10.0 Å². The van der Waals surface area contributed by atoms with Crippen molar-refractivity contribution in [2.24, 2.45) is 0 Å². The van der Waals surface area contributed by atoms with Gasteiger partial charge in [0.2, 0.25) is 0 Å². The van der Waals surface area contributed by atoms with Gasteiger partial charge >= 0.3 is 0 Å². The molecule has 0 fully saturated rings. The molecule has 4 nitrogen and oxygen atoms in total. The number of benzene rings is 2. The molecule has 0 atom stereocenters.